The van der Waals surface area contributed by atoms with Crippen molar-refractivity contribution in [2.75, 3.05) is 7.11 Å². The highest BCUT2D eigenvalue weighted by Gasteiger charge is 2.02. The van der Waals surface area contributed by atoms with E-state index in [9.17, 15) is 4.79 Å². The molecular formula is C22H35BrN2O2. The van der Waals surface area contributed by atoms with Gasteiger partial charge in [-0.1, -0.05) is 87.1 Å². The van der Waals surface area contributed by atoms with Crippen LogP contribution >= 0.6 is 15.9 Å². The maximum absolute atomic E-state index is 11.8. The third kappa shape index (κ3) is 11.9. The zero-order chi connectivity index (χ0) is 19.7. The van der Waals surface area contributed by atoms with E-state index in [1.54, 1.807) is 13.3 Å². The molecule has 1 amide bonds. The van der Waals surface area contributed by atoms with Gasteiger partial charge in [-0.2, -0.15) is 5.10 Å². The molecule has 1 rings (SSSR count). The molecule has 0 heterocycles. The summed E-state index contributed by atoms with van der Waals surface area (Å²) in [5, 5.41) is 4.04. The molecule has 0 radical (unpaired) electrons. The van der Waals surface area contributed by atoms with Crippen molar-refractivity contribution in [3.8, 4) is 5.75 Å². The SMILES string of the molecule is CCCCCCCCCCCCCC(=O)NN=Cc1cc(Br)ccc1OC. The summed E-state index contributed by atoms with van der Waals surface area (Å²) in [7, 11) is 1.62. The predicted molar refractivity (Wildman–Crippen MR) is 118 cm³/mol. The van der Waals surface area contributed by atoms with E-state index >= 15 is 0 Å². The van der Waals surface area contributed by atoms with Crippen molar-refractivity contribution in [1.82, 2.24) is 5.43 Å². The quantitative estimate of drug-likeness (QED) is 0.190. The number of methoxy groups -OCH3 is 1. The number of hydrogen-bond donors (Lipinski definition) is 1. The molecular weight excluding hydrogens is 404 g/mol. The number of nitrogens with one attached hydrogen (secondary N) is 1. The molecule has 4 nitrogen and oxygen atoms in total. The van der Waals surface area contributed by atoms with Gasteiger partial charge in [0.2, 0.25) is 5.91 Å². The van der Waals surface area contributed by atoms with E-state index in [-0.39, 0.29) is 5.91 Å². The van der Waals surface area contributed by atoms with Crippen molar-refractivity contribution in [3.05, 3.63) is 28.2 Å². The van der Waals surface area contributed by atoms with Crippen LogP contribution in [0.4, 0.5) is 0 Å². The average Bonchev–Trinajstić information content (AvgIpc) is 2.66. The lowest BCUT2D eigenvalue weighted by molar-refractivity contribution is -0.121. The Morgan fingerprint density at radius 1 is 1.04 bits per heavy atom. The van der Waals surface area contributed by atoms with Crippen molar-refractivity contribution in [2.24, 2.45) is 5.10 Å². The number of carbonyl (C=O) groups excluding carboxylic acids is 1. The van der Waals surface area contributed by atoms with E-state index in [2.05, 4.69) is 33.4 Å². The summed E-state index contributed by atoms with van der Waals surface area (Å²) in [6.45, 7) is 2.26. The highest BCUT2D eigenvalue weighted by molar-refractivity contribution is 9.10. The third-order valence-electron chi connectivity index (χ3n) is 4.59. The molecule has 0 aliphatic heterocycles. The molecule has 0 atom stereocenters. The van der Waals surface area contributed by atoms with Crippen molar-refractivity contribution in [1.29, 1.82) is 0 Å². The van der Waals surface area contributed by atoms with Gasteiger partial charge >= 0.3 is 0 Å². The minimum Gasteiger partial charge on any atom is -0.496 e. The lowest BCUT2D eigenvalue weighted by atomic mass is 10.1. The molecule has 1 aromatic rings. The second kappa shape index (κ2) is 15.7. The zero-order valence-corrected chi connectivity index (χ0v) is 18.5. The van der Waals surface area contributed by atoms with Gasteiger partial charge in [-0.15, -0.1) is 0 Å². The maximum atomic E-state index is 11.8. The fourth-order valence-corrected chi connectivity index (χ4v) is 3.36. The summed E-state index contributed by atoms with van der Waals surface area (Å²) < 4.78 is 6.22. The summed E-state index contributed by atoms with van der Waals surface area (Å²) >= 11 is 3.42. The number of halogens is 1. The smallest absolute Gasteiger partial charge is 0.240 e. The molecule has 0 unspecified atom stereocenters. The Morgan fingerprint density at radius 3 is 2.22 bits per heavy atom. The standard InChI is InChI=1S/C22H35BrN2O2/c1-3-4-5-6-7-8-9-10-11-12-13-14-22(26)25-24-18-19-17-20(23)15-16-21(19)27-2/h15-18H,3-14H2,1-2H3,(H,25,26). The van der Waals surface area contributed by atoms with Crippen LogP contribution in [0.3, 0.4) is 0 Å². The Hall–Kier alpha value is -1.36. The largest absolute Gasteiger partial charge is 0.496 e. The molecule has 0 spiro atoms. The monoisotopic (exact) mass is 438 g/mol. The molecule has 0 saturated carbocycles. The average molecular weight is 439 g/mol. The van der Waals surface area contributed by atoms with Crippen LogP contribution in [-0.4, -0.2) is 19.2 Å². The molecule has 5 heteroatoms. The van der Waals surface area contributed by atoms with Crippen LogP contribution < -0.4 is 10.2 Å². The highest BCUT2D eigenvalue weighted by atomic mass is 79.9. The number of hydrogen-bond acceptors (Lipinski definition) is 3. The Morgan fingerprint density at radius 2 is 1.63 bits per heavy atom. The number of ether oxygens (including phenoxy) is 1. The molecule has 0 aliphatic rings. The second-order valence-corrected chi connectivity index (χ2v) is 7.88. The number of benzene rings is 1. The topological polar surface area (TPSA) is 50.7 Å². The predicted octanol–water partition coefficient (Wildman–Crippen LogP) is 6.61. The van der Waals surface area contributed by atoms with Crippen LogP contribution in [0, 0.1) is 0 Å². The van der Waals surface area contributed by atoms with E-state index in [0.717, 1.165) is 28.6 Å². The van der Waals surface area contributed by atoms with Crippen LogP contribution in [0.2, 0.25) is 0 Å². The molecule has 0 fully saturated rings. The lowest BCUT2D eigenvalue weighted by Gasteiger charge is -2.05. The van der Waals surface area contributed by atoms with Gasteiger partial charge < -0.3 is 4.74 Å². The van der Waals surface area contributed by atoms with Crippen LogP contribution in [0.25, 0.3) is 0 Å². The number of nitrogens with zero attached hydrogens (tertiary/aromatic N) is 1. The molecule has 0 aromatic heterocycles. The summed E-state index contributed by atoms with van der Waals surface area (Å²) in [6, 6.07) is 5.66. The van der Waals surface area contributed by atoms with Crippen LogP contribution in [0.5, 0.6) is 5.75 Å². The van der Waals surface area contributed by atoms with Crippen molar-refractivity contribution in [3.63, 3.8) is 0 Å². The molecule has 1 N–H and O–H groups in total. The number of amides is 1. The summed E-state index contributed by atoms with van der Waals surface area (Å²) in [5.74, 6) is 0.692. The van der Waals surface area contributed by atoms with Crippen LogP contribution in [0.15, 0.2) is 27.8 Å². The van der Waals surface area contributed by atoms with Gasteiger partial charge in [0.15, 0.2) is 0 Å². The molecule has 27 heavy (non-hydrogen) atoms. The van der Waals surface area contributed by atoms with Gasteiger partial charge in [-0.3, -0.25) is 4.79 Å². The summed E-state index contributed by atoms with van der Waals surface area (Å²) in [5.41, 5.74) is 3.42. The minimum atomic E-state index is -0.0314. The molecule has 0 saturated heterocycles. The van der Waals surface area contributed by atoms with Crippen LogP contribution in [-0.2, 0) is 4.79 Å². The molecule has 1 aromatic carbocycles. The Kier molecular flexibility index (Phi) is 13.7. The first-order valence-corrected chi connectivity index (χ1v) is 11.1. The van der Waals surface area contributed by atoms with Crippen molar-refractivity contribution < 1.29 is 9.53 Å². The minimum absolute atomic E-state index is 0.0314. The van der Waals surface area contributed by atoms with E-state index in [4.69, 9.17) is 4.74 Å². The normalized spacial score (nSPS) is 11.1. The number of unbranched alkanes of at least 4 members (excludes halogenated alkanes) is 10. The second-order valence-electron chi connectivity index (χ2n) is 6.96. The summed E-state index contributed by atoms with van der Waals surface area (Å²) in [6.07, 6.45) is 16.2. The maximum Gasteiger partial charge on any atom is 0.240 e. The van der Waals surface area contributed by atoms with Gasteiger partial charge in [0, 0.05) is 16.5 Å². The Labute approximate surface area is 173 Å². The fraction of sp³-hybridized carbons (Fsp3) is 0.636. The number of hydrazone groups is 1. The molecule has 0 bridgehead atoms. The van der Waals surface area contributed by atoms with Crippen molar-refractivity contribution in [2.45, 2.75) is 84.0 Å². The Balaban J connectivity index is 2.05. The first kappa shape index (κ1) is 23.7. The number of rotatable bonds is 15. The third-order valence-corrected chi connectivity index (χ3v) is 5.09. The van der Waals surface area contributed by atoms with Crippen molar-refractivity contribution >= 4 is 28.1 Å². The number of carbonyl (C=O) groups is 1. The van der Waals surface area contributed by atoms with E-state index < -0.39 is 0 Å². The first-order valence-electron chi connectivity index (χ1n) is 10.3. The van der Waals surface area contributed by atoms with Gasteiger partial charge in [-0.25, -0.2) is 5.43 Å². The van der Waals surface area contributed by atoms with E-state index in [1.165, 1.54) is 57.8 Å². The summed E-state index contributed by atoms with van der Waals surface area (Å²) in [4.78, 5) is 11.8. The van der Waals surface area contributed by atoms with Gasteiger partial charge in [-0.05, 0) is 24.6 Å². The van der Waals surface area contributed by atoms with E-state index in [0.29, 0.717) is 6.42 Å². The van der Waals surface area contributed by atoms with Gasteiger partial charge in [0.25, 0.3) is 0 Å². The zero-order valence-electron chi connectivity index (χ0n) is 16.9. The molecule has 152 valence electrons. The van der Waals surface area contributed by atoms with Crippen LogP contribution in [0.1, 0.15) is 89.5 Å². The fourth-order valence-electron chi connectivity index (χ4n) is 2.99. The Bertz CT molecular complexity index is 561. The molecule has 0 aliphatic carbocycles. The highest BCUT2D eigenvalue weighted by Crippen LogP contribution is 2.21. The first-order chi connectivity index (χ1) is 13.2. The lowest BCUT2D eigenvalue weighted by Crippen LogP contribution is -2.17. The van der Waals surface area contributed by atoms with Gasteiger partial charge in [0.05, 0.1) is 13.3 Å². The van der Waals surface area contributed by atoms with Gasteiger partial charge in [0.1, 0.15) is 5.75 Å². The van der Waals surface area contributed by atoms with E-state index in [1.807, 2.05) is 18.2 Å².